The van der Waals surface area contributed by atoms with Gasteiger partial charge < -0.3 is 41.3 Å². The van der Waals surface area contributed by atoms with Gasteiger partial charge in [-0.25, -0.2) is 9.59 Å². The van der Waals surface area contributed by atoms with Crippen molar-refractivity contribution in [2.24, 2.45) is 23.2 Å². The number of ketones is 1. The van der Waals surface area contributed by atoms with Gasteiger partial charge in [0.1, 0.15) is 12.1 Å². The third-order valence-corrected chi connectivity index (χ3v) is 9.02. The Hall–Kier alpha value is -5.02. The summed E-state index contributed by atoms with van der Waals surface area (Å²) in [6, 6.07) is 3.03. The van der Waals surface area contributed by atoms with Crippen molar-refractivity contribution in [2.75, 3.05) is 26.2 Å². The molecule has 6 N–H and O–H groups in total. The second-order valence-corrected chi connectivity index (χ2v) is 16.4. The second-order valence-electron chi connectivity index (χ2n) is 16.4. The zero-order chi connectivity index (χ0) is 42.2. The van der Waals surface area contributed by atoms with Crippen LogP contribution in [-0.2, 0) is 38.3 Å². The molecule has 1 aromatic rings. The van der Waals surface area contributed by atoms with Gasteiger partial charge >= 0.3 is 12.1 Å². The standard InChI is InChI=1S/C40H62N6O10/c1-9-13-28(34(49)37(52)41-22-30(47)44-33(38(53)54)26-14-11-10-12-15-26)42-35(50)29(20-24(2)3)43-36(51)32(45-39(55)56-23-25(4)5)27-16-18-46(19-17-27)31(48)21-40(6,7)8/h10-12,14-15,24-25,27-29,32-33H,9,13,16-23H2,1-8H3,(H,41,52)(H,42,50)(H,43,51)(H,44,47)(H,45,55)(H,53,54)/t28?,29-,32-,33-/m0/s1. The zero-order valence-electron chi connectivity index (χ0n) is 34.1. The molecule has 16 nitrogen and oxygen atoms in total. The first-order valence-corrected chi connectivity index (χ1v) is 19.4. The molecule has 4 atom stereocenters. The number of rotatable bonds is 20. The SMILES string of the molecule is CCCC(NC(=O)[C@H](CC(C)C)NC(=O)[C@@H](NC(=O)OCC(C)C)C1CCN(C(=O)CC(C)(C)C)CC1)C(=O)C(=O)NCC(=O)N[C@H](C(=O)O)c1ccccc1. The number of hydrogen-bond acceptors (Lipinski definition) is 9. The minimum absolute atomic E-state index is 0.0120. The van der Waals surface area contributed by atoms with Crippen LogP contribution in [0.1, 0.15) is 106 Å². The Morgan fingerprint density at radius 3 is 1.98 bits per heavy atom. The lowest BCUT2D eigenvalue weighted by molar-refractivity contribution is -0.142. The number of aliphatic carboxylic acids is 1. The summed E-state index contributed by atoms with van der Waals surface area (Å²) in [4.78, 5) is 106. The van der Waals surface area contributed by atoms with E-state index in [1.54, 1.807) is 30.0 Å². The van der Waals surface area contributed by atoms with Gasteiger partial charge in [-0.05, 0) is 54.4 Å². The van der Waals surface area contributed by atoms with Crippen LogP contribution < -0.4 is 26.6 Å². The van der Waals surface area contributed by atoms with E-state index in [1.165, 1.54) is 12.1 Å². The summed E-state index contributed by atoms with van der Waals surface area (Å²) < 4.78 is 5.32. The molecule has 6 amide bonds. The Bertz CT molecular complexity index is 1520. The van der Waals surface area contributed by atoms with Crippen LogP contribution >= 0.6 is 0 Å². The highest BCUT2D eigenvalue weighted by Gasteiger charge is 2.37. The molecular weight excluding hydrogens is 724 g/mol. The van der Waals surface area contributed by atoms with Gasteiger partial charge in [0.25, 0.3) is 5.91 Å². The summed E-state index contributed by atoms with van der Waals surface area (Å²) in [6.45, 7) is 15.3. The Morgan fingerprint density at radius 1 is 0.839 bits per heavy atom. The molecule has 0 spiro atoms. The summed E-state index contributed by atoms with van der Waals surface area (Å²) >= 11 is 0. The number of carbonyl (C=O) groups excluding carboxylic acids is 7. The zero-order valence-corrected chi connectivity index (χ0v) is 34.1. The highest BCUT2D eigenvalue weighted by atomic mass is 16.5. The fourth-order valence-electron chi connectivity index (χ4n) is 6.20. The molecule has 1 aliphatic heterocycles. The van der Waals surface area contributed by atoms with E-state index in [9.17, 15) is 43.5 Å². The van der Waals surface area contributed by atoms with Crippen molar-refractivity contribution in [3.8, 4) is 0 Å². The van der Waals surface area contributed by atoms with Crippen molar-refractivity contribution in [3.05, 3.63) is 35.9 Å². The Kier molecular flexibility index (Phi) is 18.9. The molecule has 312 valence electrons. The lowest BCUT2D eigenvalue weighted by atomic mass is 9.87. The second kappa shape index (κ2) is 22.5. The fraction of sp³-hybridized carbons (Fsp3) is 0.650. The summed E-state index contributed by atoms with van der Waals surface area (Å²) in [5.41, 5.74) is 0.118. The number of nitrogens with one attached hydrogen (secondary N) is 5. The van der Waals surface area contributed by atoms with E-state index in [0.717, 1.165) is 0 Å². The van der Waals surface area contributed by atoms with Crippen LogP contribution in [-0.4, -0.2) is 102 Å². The first kappa shape index (κ1) is 47.1. The number of piperidine rings is 1. The van der Waals surface area contributed by atoms with Gasteiger partial charge in [-0.2, -0.15) is 0 Å². The summed E-state index contributed by atoms with van der Waals surface area (Å²) in [6.07, 6.45) is 1.04. The number of hydrogen-bond donors (Lipinski definition) is 6. The van der Waals surface area contributed by atoms with Crippen LogP contribution in [0, 0.1) is 23.2 Å². The molecule has 1 aromatic carbocycles. The van der Waals surface area contributed by atoms with Crippen molar-refractivity contribution in [1.82, 2.24) is 31.5 Å². The molecule has 0 radical (unpaired) electrons. The van der Waals surface area contributed by atoms with Gasteiger partial charge in [-0.3, -0.25) is 28.8 Å². The predicted molar refractivity (Wildman–Crippen MR) is 208 cm³/mol. The number of Topliss-reactive ketones (excluding diaryl/α,β-unsaturated/α-hetero) is 1. The molecule has 1 heterocycles. The monoisotopic (exact) mass is 786 g/mol. The Morgan fingerprint density at radius 2 is 1.45 bits per heavy atom. The van der Waals surface area contributed by atoms with Crippen molar-refractivity contribution in [1.29, 1.82) is 0 Å². The molecule has 1 saturated heterocycles. The number of carboxylic acid groups (broad SMARTS) is 1. The normalized spacial score (nSPS) is 15.5. The van der Waals surface area contributed by atoms with Crippen LogP contribution in [0.2, 0.25) is 0 Å². The number of ether oxygens (including phenoxy) is 1. The first-order chi connectivity index (χ1) is 26.2. The number of nitrogens with zero attached hydrogens (tertiary/aromatic N) is 1. The molecule has 16 heteroatoms. The molecule has 0 aromatic heterocycles. The lowest BCUT2D eigenvalue weighted by Crippen LogP contribution is -2.59. The van der Waals surface area contributed by atoms with E-state index in [4.69, 9.17) is 4.74 Å². The Labute approximate surface area is 330 Å². The van der Waals surface area contributed by atoms with Crippen LogP contribution in [0.15, 0.2) is 30.3 Å². The van der Waals surface area contributed by atoms with Gasteiger partial charge in [0, 0.05) is 19.5 Å². The number of alkyl carbamates (subject to hydrolysis) is 1. The van der Waals surface area contributed by atoms with E-state index in [2.05, 4.69) is 26.6 Å². The van der Waals surface area contributed by atoms with Crippen LogP contribution in [0.5, 0.6) is 0 Å². The fourth-order valence-corrected chi connectivity index (χ4v) is 6.20. The maximum atomic E-state index is 14.0. The van der Waals surface area contributed by atoms with Crippen LogP contribution in [0.4, 0.5) is 4.79 Å². The Balaban J connectivity index is 2.17. The van der Waals surface area contributed by atoms with Crippen molar-refractivity contribution < 1.29 is 48.2 Å². The highest BCUT2D eigenvalue weighted by molar-refractivity contribution is 6.38. The third kappa shape index (κ3) is 16.4. The van der Waals surface area contributed by atoms with Crippen molar-refractivity contribution in [2.45, 2.75) is 118 Å². The van der Waals surface area contributed by atoms with E-state index < -0.39 is 72.2 Å². The molecule has 2 rings (SSSR count). The van der Waals surface area contributed by atoms with E-state index in [1.807, 2.05) is 48.5 Å². The highest BCUT2D eigenvalue weighted by Crippen LogP contribution is 2.26. The van der Waals surface area contributed by atoms with Gasteiger partial charge in [-0.15, -0.1) is 0 Å². The maximum Gasteiger partial charge on any atom is 0.407 e. The first-order valence-electron chi connectivity index (χ1n) is 19.4. The molecular formula is C40H62N6O10. The summed E-state index contributed by atoms with van der Waals surface area (Å²) in [5.74, 6) is -6.13. The van der Waals surface area contributed by atoms with Gasteiger partial charge in [0.05, 0.1) is 19.2 Å². The van der Waals surface area contributed by atoms with Crippen molar-refractivity contribution >= 4 is 47.4 Å². The van der Waals surface area contributed by atoms with E-state index in [0.29, 0.717) is 44.3 Å². The number of carboxylic acids is 1. The van der Waals surface area contributed by atoms with Crippen molar-refractivity contribution in [3.63, 3.8) is 0 Å². The van der Waals surface area contributed by atoms with Gasteiger partial charge in [0.15, 0.2) is 6.04 Å². The molecule has 1 unspecified atom stereocenters. The average molecular weight is 787 g/mol. The summed E-state index contributed by atoms with van der Waals surface area (Å²) in [7, 11) is 0. The maximum absolute atomic E-state index is 14.0. The predicted octanol–water partition coefficient (Wildman–Crippen LogP) is 2.86. The van der Waals surface area contributed by atoms with Crippen LogP contribution in [0.25, 0.3) is 0 Å². The van der Waals surface area contributed by atoms with E-state index in [-0.39, 0.29) is 48.5 Å². The number of amides is 6. The summed E-state index contributed by atoms with van der Waals surface area (Å²) in [5, 5.41) is 22.1. The molecule has 1 fully saturated rings. The topological polar surface area (TPSA) is 229 Å². The van der Waals surface area contributed by atoms with Gasteiger partial charge in [0.2, 0.25) is 29.4 Å². The number of carbonyl (C=O) groups is 8. The molecule has 1 aliphatic rings. The third-order valence-electron chi connectivity index (χ3n) is 9.02. The number of likely N-dealkylation sites (tertiary alicyclic amines) is 1. The molecule has 0 aliphatic carbocycles. The molecule has 0 saturated carbocycles. The average Bonchev–Trinajstić information content (AvgIpc) is 3.12. The molecule has 0 bridgehead atoms. The van der Waals surface area contributed by atoms with Crippen LogP contribution in [0.3, 0.4) is 0 Å². The minimum atomic E-state index is -1.38. The lowest BCUT2D eigenvalue weighted by Gasteiger charge is -2.37. The smallest absolute Gasteiger partial charge is 0.407 e. The minimum Gasteiger partial charge on any atom is -0.479 e. The quantitative estimate of drug-likeness (QED) is 0.106. The largest absolute Gasteiger partial charge is 0.479 e. The molecule has 56 heavy (non-hydrogen) atoms. The number of benzene rings is 1. The van der Waals surface area contributed by atoms with E-state index >= 15 is 0 Å². The van der Waals surface area contributed by atoms with Gasteiger partial charge in [-0.1, -0.05) is 92.1 Å².